The van der Waals surface area contributed by atoms with Gasteiger partial charge in [-0.2, -0.15) is 0 Å². The Balaban J connectivity index is 0.00000208. The summed E-state index contributed by atoms with van der Waals surface area (Å²) in [5, 5.41) is 0. The Morgan fingerprint density at radius 3 is 2.50 bits per heavy atom. The molecule has 2 N–H and O–H groups in total. The van der Waals surface area contributed by atoms with Gasteiger partial charge >= 0.3 is 0 Å². The van der Waals surface area contributed by atoms with Gasteiger partial charge in [0.15, 0.2) is 0 Å². The molecule has 128 valence electrons. The molecule has 0 fully saturated rings. The minimum absolute atomic E-state index is 0. The first-order valence-corrected chi connectivity index (χ1v) is 7.94. The highest BCUT2D eigenvalue weighted by Crippen LogP contribution is 2.32. The van der Waals surface area contributed by atoms with Crippen LogP contribution in [0.4, 0.5) is 5.69 Å². The van der Waals surface area contributed by atoms with Crippen LogP contribution in [0.5, 0.6) is 5.75 Å². The van der Waals surface area contributed by atoms with E-state index in [0.717, 1.165) is 11.3 Å². The number of anilines is 1. The van der Waals surface area contributed by atoms with Gasteiger partial charge in [0.2, 0.25) is 5.91 Å². The number of hydrogen-bond donors (Lipinski definition) is 1. The summed E-state index contributed by atoms with van der Waals surface area (Å²) in [6.07, 6.45) is 0. The van der Waals surface area contributed by atoms with Crippen molar-refractivity contribution in [3.63, 3.8) is 0 Å². The highest BCUT2D eigenvalue weighted by atomic mass is 35.5. The number of nitrogens with two attached hydrogens (primary N) is 1. The van der Waals surface area contributed by atoms with Gasteiger partial charge in [0.25, 0.3) is 0 Å². The predicted molar refractivity (Wildman–Crippen MR) is 98.9 cm³/mol. The number of rotatable bonds is 3. The Hall–Kier alpha value is -2.04. The Morgan fingerprint density at radius 2 is 1.83 bits per heavy atom. The highest BCUT2D eigenvalue weighted by molar-refractivity contribution is 5.99. The Kier molecular flexibility index (Phi) is 5.86. The van der Waals surface area contributed by atoms with Gasteiger partial charge in [-0.05, 0) is 29.2 Å². The van der Waals surface area contributed by atoms with E-state index >= 15 is 0 Å². The molecule has 1 aliphatic rings. The van der Waals surface area contributed by atoms with Crippen LogP contribution < -0.4 is 15.4 Å². The van der Waals surface area contributed by atoms with E-state index in [1.165, 1.54) is 5.56 Å². The van der Waals surface area contributed by atoms with Crippen LogP contribution in [-0.4, -0.2) is 18.6 Å². The van der Waals surface area contributed by atoms with Crippen LogP contribution in [0, 0.1) is 0 Å². The highest BCUT2D eigenvalue weighted by Gasteiger charge is 2.28. The fourth-order valence-corrected chi connectivity index (χ4v) is 2.73. The molecule has 0 aliphatic carbocycles. The van der Waals surface area contributed by atoms with Crippen molar-refractivity contribution in [3.05, 3.63) is 59.7 Å². The summed E-state index contributed by atoms with van der Waals surface area (Å²) in [5.41, 5.74) is 9.09. The quantitative estimate of drug-likeness (QED) is 0.925. The molecule has 0 saturated carbocycles. The van der Waals surface area contributed by atoms with Gasteiger partial charge in [0.05, 0.1) is 12.2 Å². The molecule has 5 heteroatoms. The normalized spacial score (nSPS) is 16.9. The van der Waals surface area contributed by atoms with E-state index in [1.54, 1.807) is 4.90 Å². The Morgan fingerprint density at radius 1 is 1.17 bits per heavy atom. The standard InChI is InChI=1S/C19H22N2O2.ClH/c1-13(2)15-9-7-14(8-10-15)11-21-17-5-3-4-6-18(17)23-12-16(20)19(21)22;/h3-10,13,16H,11-12,20H2,1-2H3;1H/t16-;/m1./s1. The van der Waals surface area contributed by atoms with Crippen LogP contribution in [0.25, 0.3) is 0 Å². The maximum atomic E-state index is 12.6. The third-order valence-electron chi connectivity index (χ3n) is 4.14. The molecule has 24 heavy (non-hydrogen) atoms. The number of benzene rings is 2. The number of ether oxygens (including phenoxy) is 1. The largest absolute Gasteiger partial charge is 0.489 e. The van der Waals surface area contributed by atoms with Crippen molar-refractivity contribution in [2.45, 2.75) is 32.4 Å². The lowest BCUT2D eigenvalue weighted by Crippen LogP contribution is -2.44. The smallest absolute Gasteiger partial charge is 0.247 e. The number of fused-ring (bicyclic) bond motifs is 1. The van der Waals surface area contributed by atoms with Gasteiger partial charge < -0.3 is 15.4 Å². The molecule has 0 radical (unpaired) electrons. The van der Waals surface area contributed by atoms with Crippen LogP contribution in [0.1, 0.15) is 30.9 Å². The number of amides is 1. The number of para-hydroxylation sites is 2. The van der Waals surface area contributed by atoms with Crippen molar-refractivity contribution in [3.8, 4) is 5.75 Å². The third kappa shape index (κ3) is 3.71. The Bertz CT molecular complexity index is 701. The molecule has 0 unspecified atom stereocenters. The van der Waals surface area contributed by atoms with Gasteiger partial charge in [-0.25, -0.2) is 0 Å². The van der Waals surface area contributed by atoms with Crippen LogP contribution in [0.15, 0.2) is 48.5 Å². The van der Waals surface area contributed by atoms with Gasteiger partial charge in [-0.15, -0.1) is 12.4 Å². The zero-order chi connectivity index (χ0) is 16.4. The van der Waals surface area contributed by atoms with Gasteiger partial charge in [0.1, 0.15) is 18.4 Å². The van der Waals surface area contributed by atoms with Gasteiger partial charge in [-0.3, -0.25) is 4.79 Å². The molecule has 2 aromatic rings. The number of hydrogen-bond acceptors (Lipinski definition) is 3. The zero-order valence-electron chi connectivity index (χ0n) is 13.9. The second-order valence-corrected chi connectivity index (χ2v) is 6.21. The van der Waals surface area contributed by atoms with Crippen molar-refractivity contribution in [1.29, 1.82) is 0 Å². The molecular formula is C19H23ClN2O2. The van der Waals surface area contributed by atoms with Gasteiger partial charge in [-0.1, -0.05) is 50.2 Å². The minimum atomic E-state index is -0.641. The third-order valence-corrected chi connectivity index (χ3v) is 4.14. The summed E-state index contributed by atoms with van der Waals surface area (Å²) in [7, 11) is 0. The van der Waals surface area contributed by atoms with Crippen molar-refractivity contribution in [2.24, 2.45) is 5.73 Å². The van der Waals surface area contributed by atoms with Crippen molar-refractivity contribution < 1.29 is 9.53 Å². The number of halogens is 1. The second kappa shape index (κ2) is 7.69. The predicted octanol–water partition coefficient (Wildman–Crippen LogP) is 3.48. The van der Waals surface area contributed by atoms with E-state index in [4.69, 9.17) is 10.5 Å². The molecule has 2 aromatic carbocycles. The molecule has 1 atom stereocenters. The first kappa shape index (κ1) is 18.3. The first-order chi connectivity index (χ1) is 11.1. The van der Waals surface area contributed by atoms with E-state index in [-0.39, 0.29) is 24.9 Å². The van der Waals surface area contributed by atoms with Crippen molar-refractivity contribution in [1.82, 2.24) is 0 Å². The summed E-state index contributed by atoms with van der Waals surface area (Å²) in [5.74, 6) is 1.09. The SMILES string of the molecule is CC(C)c1ccc(CN2C(=O)[C@H](N)COc3ccccc32)cc1.Cl. The molecule has 3 rings (SSSR count). The van der Waals surface area contributed by atoms with Crippen LogP contribution in [0.3, 0.4) is 0 Å². The lowest BCUT2D eigenvalue weighted by atomic mass is 10.0. The molecule has 4 nitrogen and oxygen atoms in total. The van der Waals surface area contributed by atoms with E-state index in [1.807, 2.05) is 24.3 Å². The van der Waals surface area contributed by atoms with E-state index in [0.29, 0.717) is 18.2 Å². The summed E-state index contributed by atoms with van der Waals surface area (Å²) < 4.78 is 5.66. The lowest BCUT2D eigenvalue weighted by Gasteiger charge is -2.23. The number of carbonyl (C=O) groups is 1. The summed E-state index contributed by atoms with van der Waals surface area (Å²) in [4.78, 5) is 14.3. The molecule has 0 saturated heterocycles. The molecule has 1 amide bonds. The maximum absolute atomic E-state index is 12.6. The molecular weight excluding hydrogens is 324 g/mol. The Labute approximate surface area is 149 Å². The van der Waals surface area contributed by atoms with Crippen LogP contribution in [-0.2, 0) is 11.3 Å². The number of nitrogens with zero attached hydrogens (tertiary/aromatic N) is 1. The maximum Gasteiger partial charge on any atom is 0.247 e. The monoisotopic (exact) mass is 346 g/mol. The summed E-state index contributed by atoms with van der Waals surface area (Å²) >= 11 is 0. The summed E-state index contributed by atoms with van der Waals surface area (Å²) in [6.45, 7) is 5.03. The average Bonchev–Trinajstić information content (AvgIpc) is 2.68. The van der Waals surface area contributed by atoms with E-state index < -0.39 is 6.04 Å². The molecule has 0 aromatic heterocycles. The first-order valence-electron chi connectivity index (χ1n) is 7.94. The fourth-order valence-electron chi connectivity index (χ4n) is 2.73. The lowest BCUT2D eigenvalue weighted by molar-refractivity contribution is -0.120. The zero-order valence-corrected chi connectivity index (χ0v) is 14.8. The fraction of sp³-hybridized carbons (Fsp3) is 0.316. The molecule has 0 bridgehead atoms. The van der Waals surface area contributed by atoms with Crippen molar-refractivity contribution in [2.75, 3.05) is 11.5 Å². The second-order valence-electron chi connectivity index (χ2n) is 6.21. The minimum Gasteiger partial charge on any atom is -0.489 e. The summed E-state index contributed by atoms with van der Waals surface area (Å²) in [6, 6.07) is 15.3. The van der Waals surface area contributed by atoms with E-state index in [9.17, 15) is 4.79 Å². The molecule has 1 aliphatic heterocycles. The van der Waals surface area contributed by atoms with Crippen molar-refractivity contribution >= 4 is 24.0 Å². The van der Waals surface area contributed by atoms with Crippen LogP contribution in [0.2, 0.25) is 0 Å². The molecule has 1 heterocycles. The topological polar surface area (TPSA) is 55.6 Å². The van der Waals surface area contributed by atoms with Gasteiger partial charge in [0, 0.05) is 0 Å². The van der Waals surface area contributed by atoms with Crippen LogP contribution >= 0.6 is 12.4 Å². The number of carbonyl (C=O) groups excluding carboxylic acids is 1. The van der Waals surface area contributed by atoms with E-state index in [2.05, 4.69) is 38.1 Å². The molecule has 0 spiro atoms. The average molecular weight is 347 g/mol.